The summed E-state index contributed by atoms with van der Waals surface area (Å²) in [6, 6.07) is 12.8. The number of nitrogens with zero attached hydrogens (tertiary/aromatic N) is 1. The van der Waals surface area contributed by atoms with E-state index >= 15 is 0 Å². The Balaban J connectivity index is 1.77. The summed E-state index contributed by atoms with van der Waals surface area (Å²) in [7, 11) is 3.23. The summed E-state index contributed by atoms with van der Waals surface area (Å²) in [5, 5.41) is 4.26. The molecule has 0 aliphatic carbocycles. The molecule has 1 heterocycles. The molecule has 1 N–H and O–H groups in total. The summed E-state index contributed by atoms with van der Waals surface area (Å²) >= 11 is 1.58. The molecule has 5 nitrogen and oxygen atoms in total. The molecule has 0 saturated carbocycles. The average Bonchev–Trinajstić information content (AvgIpc) is 2.61. The topological polar surface area (TPSA) is 59.9 Å². The number of anilines is 1. The molecule has 0 bridgehead atoms. The number of ether oxygens (including phenoxy) is 2. The molecule has 23 heavy (non-hydrogen) atoms. The standard InChI is InChI=1S/C17H16N2O3S/c1-21-12-5-3-11(4-6-12)18-19-15-10-23-16-9-13(22-2)7-8-14(16)17(15)20/h3-9,18H,10H2,1-2H3/b19-15-. The number of hydrogen-bond acceptors (Lipinski definition) is 6. The number of methoxy groups -OCH3 is 2. The van der Waals surface area contributed by atoms with Crippen molar-refractivity contribution in [3.63, 3.8) is 0 Å². The molecule has 1 aliphatic rings. The van der Waals surface area contributed by atoms with E-state index in [1.807, 2.05) is 30.3 Å². The van der Waals surface area contributed by atoms with Gasteiger partial charge in [0.15, 0.2) is 0 Å². The number of benzene rings is 2. The van der Waals surface area contributed by atoms with Gasteiger partial charge in [0.1, 0.15) is 17.2 Å². The Labute approximate surface area is 138 Å². The molecule has 1 aliphatic heterocycles. The van der Waals surface area contributed by atoms with Gasteiger partial charge >= 0.3 is 0 Å². The zero-order valence-corrected chi connectivity index (χ0v) is 13.6. The summed E-state index contributed by atoms with van der Waals surface area (Å²) in [5.41, 5.74) is 4.89. The molecule has 2 aromatic rings. The molecule has 0 radical (unpaired) electrons. The molecule has 6 heteroatoms. The maximum Gasteiger partial charge on any atom is 0.210 e. The van der Waals surface area contributed by atoms with Gasteiger partial charge in [0.2, 0.25) is 5.78 Å². The van der Waals surface area contributed by atoms with Crippen molar-refractivity contribution in [1.82, 2.24) is 0 Å². The number of ketones is 1. The fourth-order valence-corrected chi connectivity index (χ4v) is 3.19. The van der Waals surface area contributed by atoms with Gasteiger partial charge in [-0.3, -0.25) is 10.2 Å². The molecule has 2 aromatic carbocycles. The van der Waals surface area contributed by atoms with Crippen molar-refractivity contribution in [3.05, 3.63) is 48.0 Å². The summed E-state index contributed by atoms with van der Waals surface area (Å²) < 4.78 is 10.3. The SMILES string of the molecule is COc1ccc(N/N=C2/CSc3cc(OC)ccc3C2=O)cc1. The smallest absolute Gasteiger partial charge is 0.210 e. The lowest BCUT2D eigenvalue weighted by molar-refractivity contribution is 0.106. The fourth-order valence-electron chi connectivity index (χ4n) is 2.18. The van der Waals surface area contributed by atoms with E-state index in [0.717, 1.165) is 22.1 Å². The first kappa shape index (κ1) is 15.4. The fraction of sp³-hybridized carbons (Fsp3) is 0.176. The Morgan fingerprint density at radius 3 is 2.43 bits per heavy atom. The molecule has 3 rings (SSSR count). The average molecular weight is 328 g/mol. The molecule has 0 amide bonds. The molecule has 0 unspecified atom stereocenters. The highest BCUT2D eigenvalue weighted by atomic mass is 32.2. The molecular formula is C17H16N2O3S. The molecule has 0 aromatic heterocycles. The third-order valence-electron chi connectivity index (χ3n) is 3.47. The van der Waals surface area contributed by atoms with Crippen LogP contribution in [0.1, 0.15) is 10.4 Å². The van der Waals surface area contributed by atoms with Crippen LogP contribution in [-0.2, 0) is 0 Å². The van der Waals surface area contributed by atoms with Crippen molar-refractivity contribution >= 4 is 28.9 Å². The maximum absolute atomic E-state index is 12.5. The van der Waals surface area contributed by atoms with Crippen molar-refractivity contribution < 1.29 is 14.3 Å². The lowest BCUT2D eigenvalue weighted by Crippen LogP contribution is -2.23. The largest absolute Gasteiger partial charge is 0.497 e. The zero-order chi connectivity index (χ0) is 16.2. The van der Waals surface area contributed by atoms with Crippen LogP contribution in [-0.4, -0.2) is 31.5 Å². The van der Waals surface area contributed by atoms with E-state index in [1.54, 1.807) is 38.1 Å². The molecule has 118 valence electrons. The Morgan fingerprint density at radius 2 is 1.74 bits per heavy atom. The second-order valence-electron chi connectivity index (χ2n) is 4.88. The molecular weight excluding hydrogens is 312 g/mol. The third kappa shape index (κ3) is 3.32. The van der Waals surface area contributed by atoms with Gasteiger partial charge < -0.3 is 9.47 Å². The van der Waals surface area contributed by atoms with Crippen molar-refractivity contribution in [3.8, 4) is 11.5 Å². The summed E-state index contributed by atoms with van der Waals surface area (Å²) in [5.74, 6) is 2.00. The van der Waals surface area contributed by atoms with E-state index in [-0.39, 0.29) is 5.78 Å². The van der Waals surface area contributed by atoms with Crippen molar-refractivity contribution in [2.75, 3.05) is 25.4 Å². The Morgan fingerprint density at radius 1 is 1.04 bits per heavy atom. The summed E-state index contributed by atoms with van der Waals surface area (Å²) in [6.07, 6.45) is 0. The van der Waals surface area contributed by atoms with Gasteiger partial charge in [0.25, 0.3) is 0 Å². The number of rotatable bonds is 4. The number of Topliss-reactive ketones (excluding diaryl/α,β-unsaturated/α-hetero) is 1. The van der Waals surface area contributed by atoms with E-state index in [2.05, 4.69) is 10.5 Å². The van der Waals surface area contributed by atoms with E-state index < -0.39 is 0 Å². The van der Waals surface area contributed by atoms with Crippen LogP contribution in [0.5, 0.6) is 11.5 Å². The van der Waals surface area contributed by atoms with Crippen molar-refractivity contribution in [1.29, 1.82) is 0 Å². The number of nitrogens with one attached hydrogen (secondary N) is 1. The van der Waals surface area contributed by atoms with E-state index in [9.17, 15) is 4.79 Å². The van der Waals surface area contributed by atoms with Crippen LogP contribution in [0.2, 0.25) is 0 Å². The minimum absolute atomic E-state index is 0.0533. The zero-order valence-electron chi connectivity index (χ0n) is 12.8. The van der Waals surface area contributed by atoms with Crippen LogP contribution < -0.4 is 14.9 Å². The molecule has 0 atom stereocenters. The maximum atomic E-state index is 12.5. The predicted molar refractivity (Wildman–Crippen MR) is 92.1 cm³/mol. The number of thioether (sulfide) groups is 1. The van der Waals surface area contributed by atoms with Crippen LogP contribution >= 0.6 is 11.8 Å². The number of carbonyl (C=O) groups is 1. The minimum Gasteiger partial charge on any atom is -0.497 e. The van der Waals surface area contributed by atoms with Gasteiger partial charge in [0, 0.05) is 16.2 Å². The Bertz CT molecular complexity index is 757. The van der Waals surface area contributed by atoms with Crippen molar-refractivity contribution in [2.45, 2.75) is 4.90 Å². The Hall–Kier alpha value is -2.47. The highest BCUT2D eigenvalue weighted by molar-refractivity contribution is 8.00. The van der Waals surface area contributed by atoms with E-state index in [1.165, 1.54) is 0 Å². The lowest BCUT2D eigenvalue weighted by atomic mass is 10.1. The second kappa shape index (κ2) is 6.75. The van der Waals surface area contributed by atoms with E-state index in [0.29, 0.717) is 17.0 Å². The van der Waals surface area contributed by atoms with Crippen LogP contribution in [0.3, 0.4) is 0 Å². The first-order valence-corrected chi connectivity index (χ1v) is 8.02. The van der Waals surface area contributed by atoms with Gasteiger partial charge in [-0.1, -0.05) is 0 Å². The lowest BCUT2D eigenvalue weighted by Gasteiger charge is -2.16. The Kier molecular flexibility index (Phi) is 4.52. The van der Waals surface area contributed by atoms with Crippen LogP contribution in [0, 0.1) is 0 Å². The highest BCUT2D eigenvalue weighted by Crippen LogP contribution is 2.32. The first-order valence-electron chi connectivity index (χ1n) is 7.03. The van der Waals surface area contributed by atoms with E-state index in [4.69, 9.17) is 9.47 Å². The first-order chi connectivity index (χ1) is 11.2. The highest BCUT2D eigenvalue weighted by Gasteiger charge is 2.24. The van der Waals surface area contributed by atoms with Crippen LogP contribution in [0.25, 0.3) is 0 Å². The van der Waals surface area contributed by atoms with Gasteiger partial charge in [0.05, 0.1) is 19.9 Å². The summed E-state index contributed by atoms with van der Waals surface area (Å²) in [4.78, 5) is 13.4. The van der Waals surface area contributed by atoms with Gasteiger partial charge in [-0.2, -0.15) is 5.10 Å². The van der Waals surface area contributed by atoms with Crippen LogP contribution in [0.15, 0.2) is 52.5 Å². The monoisotopic (exact) mass is 328 g/mol. The van der Waals surface area contributed by atoms with Gasteiger partial charge in [-0.05, 0) is 42.5 Å². The predicted octanol–water partition coefficient (Wildman–Crippen LogP) is 3.46. The number of hydrazone groups is 1. The number of hydrogen-bond donors (Lipinski definition) is 1. The van der Waals surface area contributed by atoms with Gasteiger partial charge in [-0.15, -0.1) is 11.8 Å². The molecule has 0 spiro atoms. The molecule has 0 saturated heterocycles. The number of carbonyl (C=O) groups excluding carboxylic acids is 1. The van der Waals surface area contributed by atoms with Crippen molar-refractivity contribution in [2.24, 2.45) is 5.10 Å². The molecule has 0 fully saturated rings. The second-order valence-corrected chi connectivity index (χ2v) is 5.90. The third-order valence-corrected chi connectivity index (χ3v) is 4.54. The van der Waals surface area contributed by atoms with Crippen LogP contribution in [0.4, 0.5) is 5.69 Å². The summed E-state index contributed by atoms with van der Waals surface area (Å²) in [6.45, 7) is 0. The quantitative estimate of drug-likeness (QED) is 0.871. The minimum atomic E-state index is -0.0533. The van der Waals surface area contributed by atoms with Gasteiger partial charge in [-0.25, -0.2) is 0 Å². The number of fused-ring (bicyclic) bond motifs is 1. The normalized spacial score (nSPS) is 15.2.